The Balaban J connectivity index is 0.00000290. The van der Waals surface area contributed by atoms with Gasteiger partial charge in [0.15, 0.2) is 0 Å². The van der Waals surface area contributed by atoms with E-state index in [-0.39, 0.29) is 163 Å². The molecule has 0 bridgehead atoms. The van der Waals surface area contributed by atoms with Crippen LogP contribution in [-0.4, -0.2) is 71.8 Å². The van der Waals surface area contributed by atoms with E-state index in [0.717, 1.165) is 47.3 Å². The van der Waals surface area contributed by atoms with Gasteiger partial charge in [0.25, 0.3) is 5.69 Å². The van der Waals surface area contributed by atoms with E-state index >= 15 is 0 Å². The molecule has 0 aliphatic heterocycles. The van der Waals surface area contributed by atoms with E-state index in [1.807, 2.05) is 0 Å². The molecule has 20 nitrogen and oxygen atoms in total. The summed E-state index contributed by atoms with van der Waals surface area (Å²) in [5, 5.41) is 27.2. The fraction of sp³-hybridized carbons (Fsp3) is 0. The fourth-order valence-electron chi connectivity index (χ4n) is 5.10. The topological polar surface area (TPSA) is 327 Å². The summed E-state index contributed by atoms with van der Waals surface area (Å²) in [6, 6.07) is 15.5. The molecular weight excluding hydrogens is 889 g/mol. The molecule has 6 rings (SSSR count). The Labute approximate surface area is 417 Å². The largest absolute Gasteiger partial charge is 1.00 e. The van der Waals surface area contributed by atoms with E-state index in [4.69, 9.17) is 0 Å². The number of hydrogen-bond donors (Lipinski definition) is 0. The molecule has 1 heterocycles. The zero-order valence-corrected chi connectivity index (χ0v) is 41.5. The summed E-state index contributed by atoms with van der Waals surface area (Å²) >= 11 is 0. The van der Waals surface area contributed by atoms with Gasteiger partial charge in [-0.3, -0.25) is 10.1 Å². The number of aromatic nitrogens is 3. The molecule has 1 aromatic heterocycles. The van der Waals surface area contributed by atoms with Crippen molar-refractivity contribution in [1.29, 1.82) is 0 Å². The molecule has 5 aromatic carbocycles. The van der Waals surface area contributed by atoms with Crippen molar-refractivity contribution in [2.24, 2.45) is 10.2 Å². The number of nitro groups is 1. The van der Waals surface area contributed by atoms with Gasteiger partial charge in [0.1, 0.15) is 51.5 Å². The summed E-state index contributed by atoms with van der Waals surface area (Å²) < 4.78 is 142. The van der Waals surface area contributed by atoms with Gasteiger partial charge >= 0.3 is 118 Å². The molecule has 0 saturated heterocycles. The minimum Gasteiger partial charge on any atom is -0.744 e. The first-order chi connectivity index (χ1) is 25.1. The number of nitro benzene ring substituents is 1. The van der Waals surface area contributed by atoms with E-state index < -0.39 is 70.7 Å². The quantitative estimate of drug-likeness (QED) is 0.0308. The van der Waals surface area contributed by atoms with Gasteiger partial charge in [-0.25, -0.2) is 33.7 Å². The number of rotatable bonds is 10. The third-order valence-corrected chi connectivity index (χ3v) is 11.0. The van der Waals surface area contributed by atoms with Crippen LogP contribution in [-0.2, 0) is 40.5 Å². The number of fused-ring (bicyclic) bond motifs is 3. The molecular formula is C30H16N6Na4O14S4. The molecule has 6 aromatic rings. The molecule has 0 fully saturated rings. The SMILES string of the molecule is O=[N+]([O-])c1ccc(C=Cc2ccc(N=Nc3ccc(-n4nc5ccc6c(S(=O)(=O)[O-])cc(S(=O)(=O)[O-])cc6c5n4)cc3)cc2S(=O)(=O)[O-])c(S(=O)(=O)[O-])c1.[Na+].[Na+].[Na+].[Na+]. The Bertz CT molecular complexity index is 3090. The first-order valence-electron chi connectivity index (χ1n) is 14.4. The Hall–Kier alpha value is -1.86. The molecule has 0 amide bonds. The van der Waals surface area contributed by atoms with Crippen molar-refractivity contribution in [3.8, 4) is 5.69 Å². The summed E-state index contributed by atoms with van der Waals surface area (Å²) in [5.74, 6) is 0. The Morgan fingerprint density at radius 2 is 1.07 bits per heavy atom. The van der Waals surface area contributed by atoms with Gasteiger partial charge < -0.3 is 18.2 Å². The number of nitrogens with zero attached hydrogens (tertiary/aromatic N) is 6. The van der Waals surface area contributed by atoms with E-state index in [9.17, 15) is 62.0 Å². The summed E-state index contributed by atoms with van der Waals surface area (Å²) in [4.78, 5) is 7.59. The fourth-order valence-corrected chi connectivity index (χ4v) is 7.80. The van der Waals surface area contributed by atoms with E-state index in [0.29, 0.717) is 17.8 Å². The van der Waals surface area contributed by atoms with Crippen LogP contribution < -0.4 is 118 Å². The van der Waals surface area contributed by atoms with Crippen molar-refractivity contribution >= 4 is 91.5 Å². The predicted molar refractivity (Wildman–Crippen MR) is 181 cm³/mol. The summed E-state index contributed by atoms with van der Waals surface area (Å²) in [6.45, 7) is 0. The van der Waals surface area contributed by atoms with Gasteiger partial charge in [-0.1, -0.05) is 24.3 Å². The Morgan fingerprint density at radius 3 is 1.60 bits per heavy atom. The van der Waals surface area contributed by atoms with Crippen molar-refractivity contribution in [1.82, 2.24) is 15.0 Å². The van der Waals surface area contributed by atoms with Crippen LogP contribution >= 0.6 is 0 Å². The van der Waals surface area contributed by atoms with Crippen LogP contribution in [0, 0.1) is 10.1 Å². The van der Waals surface area contributed by atoms with Crippen molar-refractivity contribution in [2.45, 2.75) is 19.6 Å². The van der Waals surface area contributed by atoms with Gasteiger partial charge in [-0.2, -0.15) is 15.0 Å². The zero-order chi connectivity index (χ0) is 39.4. The monoisotopic (exact) mass is 904 g/mol. The minimum atomic E-state index is -5.21. The summed E-state index contributed by atoms with van der Waals surface area (Å²) in [5.41, 5.74) is -0.695. The third kappa shape index (κ3) is 11.9. The maximum atomic E-state index is 12.1. The van der Waals surface area contributed by atoms with E-state index in [1.54, 1.807) is 0 Å². The molecule has 28 heteroatoms. The number of hydrogen-bond acceptors (Lipinski definition) is 18. The van der Waals surface area contributed by atoms with Crippen LogP contribution in [0.15, 0.2) is 115 Å². The molecule has 0 unspecified atom stereocenters. The average Bonchev–Trinajstić information content (AvgIpc) is 3.53. The summed E-state index contributed by atoms with van der Waals surface area (Å²) in [7, 11) is -20.7. The van der Waals surface area contributed by atoms with Gasteiger partial charge in [0.05, 0.1) is 41.6 Å². The molecule has 0 aliphatic carbocycles. The molecule has 0 spiro atoms. The second-order valence-electron chi connectivity index (χ2n) is 11.0. The third-order valence-electron chi connectivity index (χ3n) is 7.52. The van der Waals surface area contributed by atoms with Crippen LogP contribution in [0.1, 0.15) is 11.1 Å². The number of non-ortho nitro benzene ring substituents is 1. The molecule has 0 aliphatic rings. The maximum Gasteiger partial charge on any atom is 1.00 e. The van der Waals surface area contributed by atoms with Crippen LogP contribution in [0.5, 0.6) is 0 Å². The van der Waals surface area contributed by atoms with Crippen molar-refractivity contribution in [3.05, 3.63) is 106 Å². The van der Waals surface area contributed by atoms with Crippen LogP contribution in [0.25, 0.3) is 39.6 Å². The number of benzene rings is 5. The van der Waals surface area contributed by atoms with Gasteiger partial charge in [-0.15, -0.1) is 10.2 Å². The molecule has 0 saturated carbocycles. The second-order valence-corrected chi connectivity index (χ2v) is 16.4. The first-order valence-corrected chi connectivity index (χ1v) is 20.0. The summed E-state index contributed by atoms with van der Waals surface area (Å²) in [6.07, 6.45) is 2.01. The number of azo groups is 1. The van der Waals surface area contributed by atoms with E-state index in [1.165, 1.54) is 42.5 Å². The van der Waals surface area contributed by atoms with Crippen LogP contribution in [0.2, 0.25) is 0 Å². The van der Waals surface area contributed by atoms with E-state index in [2.05, 4.69) is 20.4 Å². The smallest absolute Gasteiger partial charge is 0.744 e. The predicted octanol–water partition coefficient (Wildman–Crippen LogP) is -8.30. The molecule has 278 valence electrons. The van der Waals surface area contributed by atoms with Crippen molar-refractivity contribution in [2.75, 3.05) is 0 Å². The molecule has 58 heavy (non-hydrogen) atoms. The van der Waals surface area contributed by atoms with Crippen molar-refractivity contribution in [3.63, 3.8) is 0 Å². The molecule has 0 N–H and O–H groups in total. The molecule has 0 radical (unpaired) electrons. The maximum absolute atomic E-state index is 12.1. The van der Waals surface area contributed by atoms with Gasteiger partial charge in [0.2, 0.25) is 0 Å². The Kier molecular flexibility index (Phi) is 17.9. The standard InChI is InChI=1S/C30H20N6O14S4.4Na/c37-36(38)22-8-4-18(28(14-22)53(45,46)47)2-1-17-3-5-20(13-27(17)52(42,43)44)32-31-19-6-9-21(10-7-19)35-33-26-12-11-24-25(30(26)34-35)15-23(51(39,40)41)16-29(24)54(48,49)50;;;;/h1-16H,(H,39,40,41)(H,42,43,44)(H,45,46,47)(H,48,49,50);;;;/q;4*+1/p-4. The average molecular weight is 905 g/mol. The first kappa shape index (κ1) is 52.3. The van der Waals surface area contributed by atoms with Crippen LogP contribution in [0.4, 0.5) is 17.1 Å². The Morgan fingerprint density at radius 1 is 0.552 bits per heavy atom. The van der Waals surface area contributed by atoms with Gasteiger partial charge in [-0.05, 0) is 71.8 Å². The van der Waals surface area contributed by atoms with Crippen LogP contribution in [0.3, 0.4) is 0 Å². The minimum absolute atomic E-state index is 0. The van der Waals surface area contributed by atoms with Gasteiger partial charge in [0, 0.05) is 22.9 Å². The van der Waals surface area contributed by atoms with Crippen molar-refractivity contribution < 1.29 is 175 Å². The molecule has 0 atom stereocenters. The second kappa shape index (κ2) is 19.9. The zero-order valence-electron chi connectivity index (χ0n) is 30.3. The normalized spacial score (nSPS) is 12.1.